The number of nitrogen functional groups attached to an aromatic ring is 1. The Morgan fingerprint density at radius 1 is 1.15 bits per heavy atom. The number of hydrogen-bond donors (Lipinski definition) is 2. The van der Waals surface area contributed by atoms with E-state index in [1.807, 2.05) is 24.3 Å². The van der Waals surface area contributed by atoms with Crippen molar-refractivity contribution in [3.63, 3.8) is 0 Å². The monoisotopic (exact) mass is 334 g/mol. The highest BCUT2D eigenvalue weighted by Crippen LogP contribution is 2.26. The van der Waals surface area contributed by atoms with Crippen molar-refractivity contribution in [2.24, 2.45) is 0 Å². The van der Waals surface area contributed by atoms with E-state index in [4.69, 9.17) is 10.5 Å². The van der Waals surface area contributed by atoms with Gasteiger partial charge < -0.3 is 15.8 Å². The first kappa shape index (κ1) is 14.7. The van der Waals surface area contributed by atoms with Gasteiger partial charge in [-0.2, -0.15) is 0 Å². The minimum Gasteiger partial charge on any atom is -0.496 e. The van der Waals surface area contributed by atoms with Crippen LogP contribution in [0.25, 0.3) is 0 Å². The molecular formula is C16H19BrN2O. The lowest BCUT2D eigenvalue weighted by molar-refractivity contribution is 0.411. The molecule has 2 aromatic carbocycles. The lowest BCUT2D eigenvalue weighted by Crippen LogP contribution is -2.05. The van der Waals surface area contributed by atoms with Gasteiger partial charge in [-0.25, -0.2) is 0 Å². The number of rotatable bonds is 4. The molecule has 0 spiro atoms. The van der Waals surface area contributed by atoms with Crippen molar-refractivity contribution in [3.8, 4) is 5.75 Å². The van der Waals surface area contributed by atoms with Crippen molar-refractivity contribution in [1.82, 2.24) is 0 Å². The van der Waals surface area contributed by atoms with E-state index in [9.17, 15) is 0 Å². The zero-order valence-corrected chi connectivity index (χ0v) is 13.5. The van der Waals surface area contributed by atoms with Gasteiger partial charge in [0.2, 0.25) is 0 Å². The molecule has 20 heavy (non-hydrogen) atoms. The van der Waals surface area contributed by atoms with Crippen LogP contribution in [0.4, 0.5) is 11.4 Å². The Hall–Kier alpha value is -1.68. The molecule has 0 atom stereocenters. The third-order valence-electron chi connectivity index (χ3n) is 3.55. The zero-order chi connectivity index (χ0) is 14.7. The van der Waals surface area contributed by atoms with Crippen LogP contribution >= 0.6 is 15.9 Å². The molecule has 106 valence electrons. The topological polar surface area (TPSA) is 47.3 Å². The fraction of sp³-hybridized carbons (Fsp3) is 0.250. The van der Waals surface area contributed by atoms with Gasteiger partial charge >= 0.3 is 0 Å². The summed E-state index contributed by atoms with van der Waals surface area (Å²) >= 11 is 3.41. The second kappa shape index (κ2) is 6.18. The predicted octanol–water partition coefficient (Wildman–Crippen LogP) is 4.27. The normalized spacial score (nSPS) is 10.4. The number of halogens is 1. The van der Waals surface area contributed by atoms with E-state index in [1.165, 1.54) is 16.7 Å². The molecule has 2 aromatic rings. The highest BCUT2D eigenvalue weighted by atomic mass is 79.9. The second-order valence-electron chi connectivity index (χ2n) is 4.76. The van der Waals surface area contributed by atoms with E-state index in [0.717, 1.165) is 28.1 Å². The van der Waals surface area contributed by atoms with E-state index in [1.54, 1.807) is 7.11 Å². The predicted molar refractivity (Wildman–Crippen MR) is 88.3 cm³/mol. The molecule has 0 bridgehead atoms. The fourth-order valence-electron chi connectivity index (χ4n) is 2.15. The Balaban J connectivity index is 2.17. The molecule has 0 heterocycles. The lowest BCUT2D eigenvalue weighted by Gasteiger charge is -2.15. The number of nitrogens with one attached hydrogen (secondary N) is 1. The molecule has 0 radical (unpaired) electrons. The van der Waals surface area contributed by atoms with Gasteiger partial charge in [0, 0.05) is 11.0 Å². The van der Waals surface area contributed by atoms with Gasteiger partial charge in [0.05, 0.1) is 18.5 Å². The average Bonchev–Trinajstić information content (AvgIpc) is 2.42. The van der Waals surface area contributed by atoms with Gasteiger partial charge in [-0.15, -0.1) is 0 Å². The van der Waals surface area contributed by atoms with Crippen molar-refractivity contribution in [3.05, 3.63) is 51.5 Å². The van der Waals surface area contributed by atoms with Crippen LogP contribution in [0.15, 0.2) is 34.8 Å². The van der Waals surface area contributed by atoms with Crippen LogP contribution in [0.2, 0.25) is 0 Å². The van der Waals surface area contributed by atoms with E-state index in [-0.39, 0.29) is 0 Å². The van der Waals surface area contributed by atoms with Crippen molar-refractivity contribution in [1.29, 1.82) is 0 Å². The molecule has 0 fully saturated rings. The van der Waals surface area contributed by atoms with Crippen molar-refractivity contribution >= 4 is 27.3 Å². The number of methoxy groups -OCH3 is 1. The summed E-state index contributed by atoms with van der Waals surface area (Å²) in [5.74, 6) is 0.925. The molecule has 0 aliphatic heterocycles. The molecule has 0 saturated carbocycles. The molecule has 0 amide bonds. The summed E-state index contributed by atoms with van der Waals surface area (Å²) in [4.78, 5) is 0. The SMILES string of the molecule is COc1ccc(CNc2ccc(Br)cc2N)c(C)c1C. The largest absolute Gasteiger partial charge is 0.496 e. The smallest absolute Gasteiger partial charge is 0.122 e. The maximum Gasteiger partial charge on any atom is 0.122 e. The Morgan fingerprint density at radius 2 is 1.90 bits per heavy atom. The quantitative estimate of drug-likeness (QED) is 0.821. The van der Waals surface area contributed by atoms with Gasteiger partial charge in [-0.05, 0) is 54.8 Å². The van der Waals surface area contributed by atoms with Gasteiger partial charge in [-0.3, -0.25) is 0 Å². The summed E-state index contributed by atoms with van der Waals surface area (Å²) in [7, 11) is 1.70. The number of anilines is 2. The molecule has 0 saturated heterocycles. The molecular weight excluding hydrogens is 316 g/mol. The Morgan fingerprint density at radius 3 is 2.55 bits per heavy atom. The van der Waals surface area contributed by atoms with Crippen LogP contribution in [0.5, 0.6) is 5.75 Å². The highest BCUT2D eigenvalue weighted by Gasteiger charge is 2.07. The first-order chi connectivity index (χ1) is 9.52. The minimum absolute atomic E-state index is 0.738. The molecule has 3 N–H and O–H groups in total. The fourth-order valence-corrected chi connectivity index (χ4v) is 2.53. The van der Waals surface area contributed by atoms with Crippen LogP contribution in [-0.2, 0) is 6.54 Å². The first-order valence-electron chi connectivity index (χ1n) is 6.45. The van der Waals surface area contributed by atoms with Gasteiger partial charge in [-0.1, -0.05) is 22.0 Å². The van der Waals surface area contributed by atoms with E-state index in [0.29, 0.717) is 0 Å². The minimum atomic E-state index is 0.738. The van der Waals surface area contributed by atoms with Crippen LogP contribution in [-0.4, -0.2) is 7.11 Å². The van der Waals surface area contributed by atoms with E-state index < -0.39 is 0 Å². The third kappa shape index (κ3) is 3.07. The summed E-state index contributed by atoms with van der Waals surface area (Å²) in [6, 6.07) is 9.94. The first-order valence-corrected chi connectivity index (χ1v) is 7.24. The molecule has 0 aliphatic carbocycles. The van der Waals surface area contributed by atoms with Crippen LogP contribution in [0, 0.1) is 13.8 Å². The molecule has 0 aromatic heterocycles. The van der Waals surface area contributed by atoms with Crippen LogP contribution in [0.1, 0.15) is 16.7 Å². The number of ether oxygens (including phenoxy) is 1. The van der Waals surface area contributed by atoms with Crippen molar-refractivity contribution in [2.45, 2.75) is 20.4 Å². The molecule has 0 aliphatic rings. The average molecular weight is 335 g/mol. The third-order valence-corrected chi connectivity index (χ3v) is 4.05. The number of benzene rings is 2. The van der Waals surface area contributed by atoms with Crippen molar-refractivity contribution < 1.29 is 4.74 Å². The molecule has 0 unspecified atom stereocenters. The number of hydrogen-bond acceptors (Lipinski definition) is 3. The number of nitrogens with two attached hydrogens (primary N) is 1. The maximum absolute atomic E-state index is 5.99. The Bertz CT molecular complexity index is 626. The highest BCUT2D eigenvalue weighted by molar-refractivity contribution is 9.10. The van der Waals surface area contributed by atoms with Crippen molar-refractivity contribution in [2.75, 3.05) is 18.2 Å². The Labute approximate surface area is 128 Å². The molecule has 3 nitrogen and oxygen atoms in total. The van der Waals surface area contributed by atoms with Crippen LogP contribution < -0.4 is 15.8 Å². The van der Waals surface area contributed by atoms with Gasteiger partial charge in [0.1, 0.15) is 5.75 Å². The van der Waals surface area contributed by atoms with E-state index >= 15 is 0 Å². The van der Waals surface area contributed by atoms with E-state index in [2.05, 4.69) is 41.2 Å². The van der Waals surface area contributed by atoms with Crippen LogP contribution in [0.3, 0.4) is 0 Å². The Kier molecular flexibility index (Phi) is 4.55. The summed E-state index contributed by atoms with van der Waals surface area (Å²) in [6.45, 7) is 4.92. The summed E-state index contributed by atoms with van der Waals surface area (Å²) < 4.78 is 6.31. The lowest BCUT2D eigenvalue weighted by atomic mass is 10.0. The zero-order valence-electron chi connectivity index (χ0n) is 12.0. The second-order valence-corrected chi connectivity index (χ2v) is 5.68. The molecule has 2 rings (SSSR count). The standard InChI is InChI=1S/C16H19BrN2O/c1-10-11(2)16(20-3)7-4-12(10)9-19-15-6-5-13(17)8-14(15)18/h4-8,19H,9,18H2,1-3H3. The summed E-state index contributed by atoms with van der Waals surface area (Å²) in [5, 5.41) is 3.38. The maximum atomic E-state index is 5.99. The summed E-state index contributed by atoms with van der Waals surface area (Å²) in [5.41, 5.74) is 11.3. The van der Waals surface area contributed by atoms with Gasteiger partial charge in [0.15, 0.2) is 0 Å². The van der Waals surface area contributed by atoms with Gasteiger partial charge in [0.25, 0.3) is 0 Å². The molecule has 4 heteroatoms. The summed E-state index contributed by atoms with van der Waals surface area (Å²) in [6.07, 6.45) is 0.